The molecule has 1 aromatic carbocycles. The van der Waals surface area contributed by atoms with Gasteiger partial charge in [-0.15, -0.1) is 0 Å². The van der Waals surface area contributed by atoms with Crippen molar-refractivity contribution >= 4 is 16.7 Å². The molecule has 0 spiro atoms. The van der Waals surface area contributed by atoms with E-state index in [2.05, 4.69) is 47.2 Å². The zero-order valence-electron chi connectivity index (χ0n) is 16.5. The first kappa shape index (κ1) is 18.6. The van der Waals surface area contributed by atoms with E-state index in [0.29, 0.717) is 5.92 Å². The predicted octanol–water partition coefficient (Wildman–Crippen LogP) is 5.82. The van der Waals surface area contributed by atoms with Gasteiger partial charge in [0.15, 0.2) is 0 Å². The van der Waals surface area contributed by atoms with Gasteiger partial charge in [-0.1, -0.05) is 50.1 Å². The maximum absolute atomic E-state index is 6.64. The SMILES string of the molecule is C=C(C)Nc1cc(-c2cccc3ccc(C(N)C4CCCCC4)nc23)ccn1. The maximum atomic E-state index is 6.64. The number of rotatable bonds is 5. The molecule has 2 aromatic heterocycles. The number of nitrogens with one attached hydrogen (secondary N) is 1. The first-order valence-electron chi connectivity index (χ1n) is 10.2. The van der Waals surface area contributed by atoms with E-state index in [1.807, 2.05) is 25.3 Å². The molecule has 144 valence electrons. The summed E-state index contributed by atoms with van der Waals surface area (Å²) in [6, 6.07) is 14.6. The molecular formula is C24H28N4. The molecule has 0 bridgehead atoms. The van der Waals surface area contributed by atoms with Crippen molar-refractivity contribution in [1.29, 1.82) is 0 Å². The summed E-state index contributed by atoms with van der Waals surface area (Å²) in [6.45, 7) is 5.82. The monoisotopic (exact) mass is 372 g/mol. The fourth-order valence-corrected chi connectivity index (χ4v) is 4.20. The molecule has 4 nitrogen and oxygen atoms in total. The maximum Gasteiger partial charge on any atom is 0.130 e. The lowest BCUT2D eigenvalue weighted by Gasteiger charge is -2.27. The van der Waals surface area contributed by atoms with Crippen molar-refractivity contribution in [3.05, 3.63) is 66.6 Å². The number of aromatic nitrogens is 2. The van der Waals surface area contributed by atoms with Gasteiger partial charge in [0.05, 0.1) is 11.2 Å². The Morgan fingerprint density at radius 2 is 1.96 bits per heavy atom. The van der Waals surface area contributed by atoms with Gasteiger partial charge >= 0.3 is 0 Å². The van der Waals surface area contributed by atoms with Crippen molar-refractivity contribution in [2.75, 3.05) is 5.32 Å². The van der Waals surface area contributed by atoms with E-state index >= 15 is 0 Å². The van der Waals surface area contributed by atoms with Crippen LogP contribution >= 0.6 is 0 Å². The van der Waals surface area contributed by atoms with Crippen LogP contribution in [0, 0.1) is 5.92 Å². The summed E-state index contributed by atoms with van der Waals surface area (Å²) in [4.78, 5) is 9.41. The number of allylic oxidation sites excluding steroid dienone is 1. The molecule has 1 aliphatic rings. The van der Waals surface area contributed by atoms with Crippen LogP contribution in [0.5, 0.6) is 0 Å². The van der Waals surface area contributed by atoms with Crippen LogP contribution in [0.4, 0.5) is 5.82 Å². The number of para-hydroxylation sites is 1. The molecule has 0 radical (unpaired) electrons. The number of hydrogen-bond acceptors (Lipinski definition) is 4. The number of pyridine rings is 2. The van der Waals surface area contributed by atoms with Crippen LogP contribution in [0.1, 0.15) is 50.8 Å². The summed E-state index contributed by atoms with van der Waals surface area (Å²) in [5.41, 5.74) is 11.7. The van der Waals surface area contributed by atoms with Gasteiger partial charge in [-0.3, -0.25) is 4.98 Å². The normalized spacial score (nSPS) is 16.1. The Balaban J connectivity index is 1.74. The van der Waals surface area contributed by atoms with E-state index in [1.54, 1.807) is 0 Å². The van der Waals surface area contributed by atoms with E-state index in [0.717, 1.165) is 39.2 Å². The Kier molecular flexibility index (Phi) is 5.40. The summed E-state index contributed by atoms with van der Waals surface area (Å²) < 4.78 is 0. The second-order valence-corrected chi connectivity index (χ2v) is 7.87. The van der Waals surface area contributed by atoms with Crippen molar-refractivity contribution in [3.63, 3.8) is 0 Å². The third-order valence-electron chi connectivity index (χ3n) is 5.65. The average molecular weight is 373 g/mol. The van der Waals surface area contributed by atoms with Crippen LogP contribution < -0.4 is 11.1 Å². The zero-order chi connectivity index (χ0) is 19.5. The highest BCUT2D eigenvalue weighted by molar-refractivity contribution is 5.94. The molecule has 2 heterocycles. The highest BCUT2D eigenvalue weighted by Crippen LogP contribution is 2.34. The third kappa shape index (κ3) is 3.92. The van der Waals surface area contributed by atoms with Gasteiger partial charge in [0.25, 0.3) is 0 Å². The molecule has 4 heteroatoms. The Labute approximate surface area is 166 Å². The lowest BCUT2D eigenvalue weighted by molar-refractivity contribution is 0.305. The number of nitrogens with two attached hydrogens (primary N) is 1. The fraction of sp³-hybridized carbons (Fsp3) is 0.333. The third-order valence-corrected chi connectivity index (χ3v) is 5.65. The smallest absolute Gasteiger partial charge is 0.130 e. The molecule has 0 saturated heterocycles. The van der Waals surface area contributed by atoms with Crippen molar-refractivity contribution in [3.8, 4) is 11.1 Å². The standard InChI is InChI=1S/C24H28N4/c1-16(2)27-22-15-19(13-14-26-22)20-10-6-9-18-11-12-21(28-24(18)20)23(25)17-7-4-3-5-8-17/h6,9-15,17,23H,1,3-5,7-8,25H2,2H3,(H,26,27). The molecule has 1 fully saturated rings. The molecule has 3 N–H and O–H groups in total. The van der Waals surface area contributed by atoms with Crippen LogP contribution in [-0.2, 0) is 0 Å². The summed E-state index contributed by atoms with van der Waals surface area (Å²) >= 11 is 0. The Bertz CT molecular complexity index is 989. The van der Waals surface area contributed by atoms with Crippen molar-refractivity contribution in [2.24, 2.45) is 11.7 Å². The minimum absolute atomic E-state index is 0.0100. The van der Waals surface area contributed by atoms with Crippen LogP contribution in [0.3, 0.4) is 0 Å². The highest BCUT2D eigenvalue weighted by Gasteiger charge is 2.23. The average Bonchev–Trinajstić information content (AvgIpc) is 2.73. The van der Waals surface area contributed by atoms with Gasteiger partial charge in [0.1, 0.15) is 5.82 Å². The lowest BCUT2D eigenvalue weighted by Crippen LogP contribution is -2.24. The van der Waals surface area contributed by atoms with Gasteiger partial charge in [-0.05, 0) is 49.4 Å². The van der Waals surface area contributed by atoms with Crippen LogP contribution in [0.15, 0.2) is 60.9 Å². The van der Waals surface area contributed by atoms with E-state index < -0.39 is 0 Å². The molecule has 1 saturated carbocycles. The summed E-state index contributed by atoms with van der Waals surface area (Å²) in [7, 11) is 0. The molecule has 4 rings (SSSR count). The van der Waals surface area contributed by atoms with Crippen LogP contribution in [0.25, 0.3) is 22.0 Å². The molecule has 3 aromatic rings. The lowest BCUT2D eigenvalue weighted by atomic mass is 9.83. The minimum atomic E-state index is 0.0100. The van der Waals surface area contributed by atoms with Crippen molar-refractivity contribution in [1.82, 2.24) is 9.97 Å². The summed E-state index contributed by atoms with van der Waals surface area (Å²) in [5.74, 6) is 1.33. The van der Waals surface area contributed by atoms with E-state index in [1.165, 1.54) is 32.1 Å². The van der Waals surface area contributed by atoms with Gasteiger partial charge in [-0.2, -0.15) is 0 Å². The Morgan fingerprint density at radius 3 is 2.75 bits per heavy atom. The second kappa shape index (κ2) is 8.11. The zero-order valence-corrected chi connectivity index (χ0v) is 16.5. The number of anilines is 1. The highest BCUT2D eigenvalue weighted by atomic mass is 15.0. The number of fused-ring (bicyclic) bond motifs is 1. The van der Waals surface area contributed by atoms with Crippen molar-refractivity contribution in [2.45, 2.75) is 45.1 Å². The van der Waals surface area contributed by atoms with E-state index in [-0.39, 0.29) is 6.04 Å². The molecule has 1 unspecified atom stereocenters. The number of nitrogens with zero attached hydrogens (tertiary/aromatic N) is 2. The molecular weight excluding hydrogens is 344 g/mol. The van der Waals surface area contributed by atoms with Crippen LogP contribution in [0.2, 0.25) is 0 Å². The second-order valence-electron chi connectivity index (χ2n) is 7.87. The predicted molar refractivity (Wildman–Crippen MR) is 117 cm³/mol. The van der Waals surface area contributed by atoms with E-state index in [4.69, 9.17) is 10.7 Å². The quantitative estimate of drug-likeness (QED) is 0.592. The number of hydrogen-bond donors (Lipinski definition) is 2. The first-order valence-corrected chi connectivity index (χ1v) is 10.2. The molecule has 0 aliphatic heterocycles. The summed E-state index contributed by atoms with van der Waals surface area (Å²) in [5, 5.41) is 4.32. The van der Waals surface area contributed by atoms with Crippen LogP contribution in [-0.4, -0.2) is 9.97 Å². The Morgan fingerprint density at radius 1 is 1.14 bits per heavy atom. The van der Waals surface area contributed by atoms with Crippen molar-refractivity contribution < 1.29 is 0 Å². The van der Waals surface area contributed by atoms with Gasteiger partial charge < -0.3 is 11.1 Å². The molecule has 0 amide bonds. The molecule has 1 aliphatic carbocycles. The van der Waals surface area contributed by atoms with Gasteiger partial charge in [-0.25, -0.2) is 4.98 Å². The first-order chi connectivity index (χ1) is 13.6. The fourth-order valence-electron chi connectivity index (χ4n) is 4.20. The number of benzene rings is 1. The minimum Gasteiger partial charge on any atom is -0.345 e. The molecule has 28 heavy (non-hydrogen) atoms. The topological polar surface area (TPSA) is 63.8 Å². The van der Waals surface area contributed by atoms with Gasteiger partial charge in [0.2, 0.25) is 0 Å². The van der Waals surface area contributed by atoms with E-state index in [9.17, 15) is 0 Å². The largest absolute Gasteiger partial charge is 0.345 e. The summed E-state index contributed by atoms with van der Waals surface area (Å²) in [6.07, 6.45) is 8.14. The molecule has 1 atom stereocenters. The Hall–Kier alpha value is -2.72. The van der Waals surface area contributed by atoms with Gasteiger partial charge in [0, 0.05) is 28.9 Å².